The van der Waals surface area contributed by atoms with Crippen LogP contribution in [-0.4, -0.2) is 30.3 Å². The number of benzene rings is 3. The smallest absolute Gasteiger partial charge is 0.227 e. The van der Waals surface area contributed by atoms with Gasteiger partial charge in [-0.3, -0.25) is 4.79 Å². The third kappa shape index (κ3) is 5.65. The Hall–Kier alpha value is -4.04. The highest BCUT2D eigenvalue weighted by Crippen LogP contribution is 2.31. The summed E-state index contributed by atoms with van der Waals surface area (Å²) in [4.78, 5) is 16.7. The molecule has 0 bridgehead atoms. The Labute approximate surface area is 201 Å². The van der Waals surface area contributed by atoms with E-state index in [4.69, 9.17) is 30.3 Å². The average Bonchev–Trinajstić information content (AvgIpc) is 3.34. The molecule has 1 amide bonds. The zero-order chi connectivity index (χ0) is 23.9. The lowest BCUT2D eigenvalue weighted by atomic mass is 10.2. The van der Waals surface area contributed by atoms with Crippen molar-refractivity contribution in [3.63, 3.8) is 0 Å². The van der Waals surface area contributed by atoms with E-state index in [9.17, 15) is 4.79 Å². The normalized spacial score (nSPS) is 10.6. The molecule has 4 aromatic rings. The number of aryl methyl sites for hydroxylation is 1. The number of rotatable bonds is 9. The first-order chi connectivity index (χ1) is 16.6. The molecule has 0 spiro atoms. The number of ether oxygens (including phenoxy) is 3. The number of hydrogen-bond donors (Lipinski definition) is 1. The minimum atomic E-state index is -0.175. The van der Waals surface area contributed by atoms with Gasteiger partial charge in [-0.2, -0.15) is 4.98 Å². The number of carbonyl (C=O) groups is 1. The molecule has 0 saturated carbocycles. The van der Waals surface area contributed by atoms with E-state index in [2.05, 4.69) is 15.5 Å². The van der Waals surface area contributed by atoms with E-state index in [1.165, 1.54) is 0 Å². The Bertz CT molecular complexity index is 1270. The van der Waals surface area contributed by atoms with Gasteiger partial charge in [-0.1, -0.05) is 28.9 Å². The molecule has 174 valence electrons. The molecule has 34 heavy (non-hydrogen) atoms. The summed E-state index contributed by atoms with van der Waals surface area (Å²) in [6.07, 6.45) is 0.491. The van der Waals surface area contributed by atoms with Crippen LogP contribution in [-0.2, 0) is 11.2 Å². The zero-order valence-corrected chi connectivity index (χ0v) is 19.3. The molecule has 1 N–H and O–H groups in total. The second-order valence-electron chi connectivity index (χ2n) is 7.19. The van der Waals surface area contributed by atoms with Crippen LogP contribution in [0.15, 0.2) is 71.3 Å². The Morgan fingerprint density at radius 1 is 0.971 bits per heavy atom. The lowest BCUT2D eigenvalue weighted by Crippen LogP contribution is -2.12. The molecule has 0 unspecified atom stereocenters. The number of methoxy groups -OCH3 is 2. The van der Waals surface area contributed by atoms with Gasteiger partial charge in [0.15, 0.2) is 11.5 Å². The second kappa shape index (κ2) is 10.7. The number of amides is 1. The SMILES string of the molecule is COc1ccc(-c2noc(CCC(=O)Nc3ccc(Oc4ccccc4Cl)cc3)n2)cc1OC. The fraction of sp³-hybridized carbons (Fsp3) is 0.160. The summed E-state index contributed by atoms with van der Waals surface area (Å²) in [5, 5.41) is 7.36. The van der Waals surface area contributed by atoms with Crippen molar-refractivity contribution in [1.29, 1.82) is 0 Å². The van der Waals surface area contributed by atoms with Crippen molar-refractivity contribution < 1.29 is 23.5 Å². The van der Waals surface area contributed by atoms with Crippen molar-refractivity contribution in [1.82, 2.24) is 10.1 Å². The van der Waals surface area contributed by atoms with Gasteiger partial charge in [0.25, 0.3) is 0 Å². The second-order valence-corrected chi connectivity index (χ2v) is 7.59. The van der Waals surface area contributed by atoms with Crippen LogP contribution in [0.5, 0.6) is 23.0 Å². The molecule has 3 aromatic carbocycles. The maximum absolute atomic E-state index is 12.4. The molecule has 1 heterocycles. The summed E-state index contributed by atoms with van der Waals surface area (Å²) in [5.74, 6) is 2.94. The minimum absolute atomic E-state index is 0.175. The summed E-state index contributed by atoms with van der Waals surface area (Å²) in [7, 11) is 3.12. The van der Waals surface area contributed by atoms with E-state index < -0.39 is 0 Å². The van der Waals surface area contributed by atoms with Crippen LogP contribution in [0.4, 0.5) is 5.69 Å². The number of aromatic nitrogens is 2. The Morgan fingerprint density at radius 2 is 1.74 bits per heavy atom. The highest BCUT2D eigenvalue weighted by Gasteiger charge is 2.13. The van der Waals surface area contributed by atoms with Crippen molar-refractivity contribution in [3.05, 3.63) is 77.6 Å². The van der Waals surface area contributed by atoms with E-state index in [0.29, 0.717) is 51.8 Å². The average molecular weight is 480 g/mol. The van der Waals surface area contributed by atoms with Crippen molar-refractivity contribution in [2.75, 3.05) is 19.5 Å². The molecule has 9 heteroatoms. The van der Waals surface area contributed by atoms with Gasteiger partial charge < -0.3 is 24.1 Å². The third-order valence-electron chi connectivity index (χ3n) is 4.88. The fourth-order valence-corrected chi connectivity index (χ4v) is 3.33. The van der Waals surface area contributed by atoms with Crippen LogP contribution in [0.25, 0.3) is 11.4 Å². The summed E-state index contributed by atoms with van der Waals surface area (Å²) in [5.41, 5.74) is 1.37. The van der Waals surface area contributed by atoms with E-state index in [1.54, 1.807) is 62.8 Å². The monoisotopic (exact) mass is 479 g/mol. The number of para-hydroxylation sites is 1. The third-order valence-corrected chi connectivity index (χ3v) is 5.19. The molecule has 0 fully saturated rings. The molecule has 1 aromatic heterocycles. The first kappa shape index (κ1) is 23.1. The zero-order valence-electron chi connectivity index (χ0n) is 18.6. The van der Waals surface area contributed by atoms with Crippen molar-refractivity contribution in [2.45, 2.75) is 12.8 Å². The van der Waals surface area contributed by atoms with Crippen molar-refractivity contribution in [2.24, 2.45) is 0 Å². The quantitative estimate of drug-likeness (QED) is 0.325. The van der Waals surface area contributed by atoms with Gasteiger partial charge in [-0.15, -0.1) is 0 Å². The molecule has 0 saturated heterocycles. The van der Waals surface area contributed by atoms with Crippen LogP contribution in [0.2, 0.25) is 5.02 Å². The first-order valence-electron chi connectivity index (χ1n) is 10.4. The Kier molecular flexibility index (Phi) is 7.29. The topological polar surface area (TPSA) is 95.7 Å². The van der Waals surface area contributed by atoms with Gasteiger partial charge in [0.2, 0.25) is 17.6 Å². The molecule has 0 aliphatic rings. The number of carbonyl (C=O) groups excluding carboxylic acids is 1. The lowest BCUT2D eigenvalue weighted by Gasteiger charge is -2.09. The van der Waals surface area contributed by atoms with Crippen LogP contribution in [0.1, 0.15) is 12.3 Å². The highest BCUT2D eigenvalue weighted by molar-refractivity contribution is 6.32. The highest BCUT2D eigenvalue weighted by atomic mass is 35.5. The van der Waals surface area contributed by atoms with Gasteiger partial charge in [0.1, 0.15) is 11.5 Å². The van der Waals surface area contributed by atoms with Gasteiger partial charge in [0.05, 0.1) is 19.2 Å². The summed E-state index contributed by atoms with van der Waals surface area (Å²) in [6.45, 7) is 0. The lowest BCUT2D eigenvalue weighted by molar-refractivity contribution is -0.116. The summed E-state index contributed by atoms with van der Waals surface area (Å²) < 4.78 is 21.6. The van der Waals surface area contributed by atoms with Crippen LogP contribution in [0.3, 0.4) is 0 Å². The van der Waals surface area contributed by atoms with Gasteiger partial charge in [-0.05, 0) is 54.6 Å². The molecule has 4 rings (SSSR count). The molecule has 0 radical (unpaired) electrons. The van der Waals surface area contributed by atoms with E-state index in [0.717, 1.165) is 5.56 Å². The summed E-state index contributed by atoms with van der Waals surface area (Å²) in [6, 6.07) is 19.6. The number of nitrogens with one attached hydrogen (secondary N) is 1. The minimum Gasteiger partial charge on any atom is -0.493 e. The molecule has 0 atom stereocenters. The van der Waals surface area contributed by atoms with E-state index in [-0.39, 0.29) is 12.3 Å². The predicted molar refractivity (Wildman–Crippen MR) is 128 cm³/mol. The maximum atomic E-state index is 12.4. The van der Waals surface area contributed by atoms with Crippen LogP contribution < -0.4 is 19.5 Å². The largest absolute Gasteiger partial charge is 0.493 e. The number of halogens is 1. The standard InChI is InChI=1S/C25H22ClN3O5/c1-31-21-12-7-16(15-22(21)32-2)25-28-24(34-29-25)14-13-23(30)27-17-8-10-18(11-9-17)33-20-6-4-3-5-19(20)26/h3-12,15H,13-14H2,1-2H3,(H,27,30). The first-order valence-corrected chi connectivity index (χ1v) is 10.8. The predicted octanol–water partition coefficient (Wildman–Crippen LogP) is 5.77. The van der Waals surface area contributed by atoms with Gasteiger partial charge in [0, 0.05) is 24.1 Å². The molecule has 0 aliphatic carbocycles. The van der Waals surface area contributed by atoms with E-state index in [1.807, 2.05) is 18.2 Å². The van der Waals surface area contributed by atoms with Crippen molar-refractivity contribution >= 4 is 23.2 Å². The number of nitrogens with zero attached hydrogens (tertiary/aromatic N) is 2. The van der Waals surface area contributed by atoms with Crippen LogP contribution in [0, 0.1) is 0 Å². The fourth-order valence-electron chi connectivity index (χ4n) is 3.15. The molecule has 0 aliphatic heterocycles. The number of anilines is 1. The summed E-state index contributed by atoms with van der Waals surface area (Å²) >= 11 is 6.11. The Morgan fingerprint density at radius 3 is 2.47 bits per heavy atom. The molecular formula is C25H22ClN3O5. The van der Waals surface area contributed by atoms with Gasteiger partial charge >= 0.3 is 0 Å². The van der Waals surface area contributed by atoms with E-state index >= 15 is 0 Å². The number of hydrogen-bond acceptors (Lipinski definition) is 7. The molecule has 8 nitrogen and oxygen atoms in total. The molecular weight excluding hydrogens is 458 g/mol. The van der Waals surface area contributed by atoms with Crippen LogP contribution >= 0.6 is 11.6 Å². The van der Waals surface area contributed by atoms with Crippen molar-refractivity contribution in [3.8, 4) is 34.4 Å². The Balaban J connectivity index is 1.31. The van der Waals surface area contributed by atoms with Gasteiger partial charge in [-0.25, -0.2) is 0 Å². The maximum Gasteiger partial charge on any atom is 0.227 e.